The zero-order valence-electron chi connectivity index (χ0n) is 13.6. The minimum atomic E-state index is -1.00. The lowest BCUT2D eigenvalue weighted by Gasteiger charge is -2.16. The lowest BCUT2D eigenvalue weighted by molar-refractivity contribution is 0.0851. The lowest BCUT2D eigenvalue weighted by Crippen LogP contribution is -2.22. The van der Waals surface area contributed by atoms with Gasteiger partial charge in [-0.3, -0.25) is 0 Å². The SMILES string of the molecule is C[Si](C)(C)CCOCn1cnc(C2CCOC2)c1C1CC1. The molecule has 0 amide bonds. The molecule has 118 valence electrons. The van der Waals surface area contributed by atoms with Crippen LogP contribution in [0.5, 0.6) is 0 Å². The molecular formula is C16H28N2O2Si. The topological polar surface area (TPSA) is 36.3 Å². The van der Waals surface area contributed by atoms with Gasteiger partial charge in [-0.25, -0.2) is 4.98 Å². The Bertz CT molecular complexity index is 471. The quantitative estimate of drug-likeness (QED) is 0.570. The van der Waals surface area contributed by atoms with E-state index >= 15 is 0 Å². The molecule has 2 fully saturated rings. The van der Waals surface area contributed by atoms with Crippen LogP contribution in [-0.2, 0) is 16.2 Å². The van der Waals surface area contributed by atoms with Gasteiger partial charge in [0.2, 0.25) is 0 Å². The summed E-state index contributed by atoms with van der Waals surface area (Å²) in [5.41, 5.74) is 2.71. The molecule has 1 atom stereocenters. The summed E-state index contributed by atoms with van der Waals surface area (Å²) in [6.45, 7) is 10.4. The molecular weight excluding hydrogens is 280 g/mol. The van der Waals surface area contributed by atoms with E-state index in [1.54, 1.807) is 0 Å². The Balaban J connectivity index is 1.62. The maximum atomic E-state index is 5.92. The van der Waals surface area contributed by atoms with E-state index in [1.165, 1.54) is 30.3 Å². The first-order chi connectivity index (χ1) is 10.0. The second kappa shape index (κ2) is 6.22. The van der Waals surface area contributed by atoms with Gasteiger partial charge in [0, 0.05) is 38.8 Å². The van der Waals surface area contributed by atoms with E-state index in [1.807, 2.05) is 6.33 Å². The first kappa shape index (κ1) is 15.3. The van der Waals surface area contributed by atoms with Crippen molar-refractivity contribution in [2.45, 2.75) is 63.5 Å². The van der Waals surface area contributed by atoms with Crippen LogP contribution < -0.4 is 0 Å². The van der Waals surface area contributed by atoms with Crippen molar-refractivity contribution in [2.24, 2.45) is 0 Å². The Hall–Kier alpha value is -0.653. The van der Waals surface area contributed by atoms with Gasteiger partial charge in [-0.05, 0) is 25.3 Å². The zero-order valence-corrected chi connectivity index (χ0v) is 14.6. The Morgan fingerprint density at radius 1 is 1.29 bits per heavy atom. The number of aromatic nitrogens is 2. The number of rotatable bonds is 7. The molecule has 21 heavy (non-hydrogen) atoms. The van der Waals surface area contributed by atoms with E-state index in [2.05, 4.69) is 24.2 Å². The van der Waals surface area contributed by atoms with Crippen LogP contribution in [0.1, 0.15) is 42.5 Å². The van der Waals surface area contributed by atoms with Crippen LogP contribution >= 0.6 is 0 Å². The fraction of sp³-hybridized carbons (Fsp3) is 0.812. The van der Waals surface area contributed by atoms with Crippen molar-refractivity contribution in [3.8, 4) is 0 Å². The van der Waals surface area contributed by atoms with E-state index in [0.29, 0.717) is 18.6 Å². The first-order valence-electron chi connectivity index (χ1n) is 8.25. The Morgan fingerprint density at radius 2 is 2.10 bits per heavy atom. The van der Waals surface area contributed by atoms with Crippen molar-refractivity contribution in [1.29, 1.82) is 0 Å². The van der Waals surface area contributed by atoms with Gasteiger partial charge in [0.15, 0.2) is 0 Å². The smallest absolute Gasteiger partial charge is 0.124 e. The monoisotopic (exact) mass is 308 g/mol. The summed E-state index contributed by atoms with van der Waals surface area (Å²) in [5.74, 6) is 1.22. The fourth-order valence-electron chi connectivity index (χ4n) is 2.92. The molecule has 5 heteroatoms. The minimum absolute atomic E-state index is 0.504. The molecule has 1 aromatic rings. The number of hydrogen-bond acceptors (Lipinski definition) is 3. The average molecular weight is 308 g/mol. The molecule has 0 aromatic carbocycles. The van der Waals surface area contributed by atoms with Crippen LogP contribution in [0, 0.1) is 0 Å². The van der Waals surface area contributed by atoms with Crippen molar-refractivity contribution >= 4 is 8.07 Å². The van der Waals surface area contributed by atoms with Crippen molar-refractivity contribution in [2.75, 3.05) is 19.8 Å². The van der Waals surface area contributed by atoms with Crippen LogP contribution in [0.2, 0.25) is 25.7 Å². The van der Waals surface area contributed by atoms with Gasteiger partial charge in [0.1, 0.15) is 6.73 Å². The van der Waals surface area contributed by atoms with Gasteiger partial charge in [-0.1, -0.05) is 19.6 Å². The first-order valence-corrected chi connectivity index (χ1v) is 12.0. The van der Waals surface area contributed by atoms with E-state index in [4.69, 9.17) is 14.5 Å². The second-order valence-electron chi connectivity index (χ2n) is 7.67. The third-order valence-corrected chi connectivity index (χ3v) is 6.12. The zero-order chi connectivity index (χ0) is 14.9. The van der Waals surface area contributed by atoms with Crippen molar-refractivity contribution in [3.05, 3.63) is 17.7 Å². The number of ether oxygens (including phenoxy) is 2. The highest BCUT2D eigenvalue weighted by atomic mass is 28.3. The number of imidazole rings is 1. The van der Waals surface area contributed by atoms with Gasteiger partial charge in [-0.15, -0.1) is 0 Å². The van der Waals surface area contributed by atoms with E-state index in [-0.39, 0.29) is 0 Å². The second-order valence-corrected chi connectivity index (χ2v) is 13.3. The van der Waals surface area contributed by atoms with Crippen LogP contribution in [0.4, 0.5) is 0 Å². The summed E-state index contributed by atoms with van der Waals surface area (Å²) in [6.07, 6.45) is 5.71. The van der Waals surface area contributed by atoms with Crippen molar-refractivity contribution in [3.63, 3.8) is 0 Å². The lowest BCUT2D eigenvalue weighted by atomic mass is 10.0. The number of nitrogens with zero attached hydrogens (tertiary/aromatic N) is 2. The molecule has 0 bridgehead atoms. The molecule has 1 aromatic heterocycles. The van der Waals surface area contributed by atoms with Crippen molar-refractivity contribution < 1.29 is 9.47 Å². The molecule has 1 aliphatic heterocycles. The van der Waals surface area contributed by atoms with Gasteiger partial charge >= 0.3 is 0 Å². The van der Waals surface area contributed by atoms with E-state index < -0.39 is 8.07 Å². The highest BCUT2D eigenvalue weighted by Gasteiger charge is 2.34. The average Bonchev–Trinajstić information content (AvgIpc) is 2.96. The predicted molar refractivity (Wildman–Crippen MR) is 86.5 cm³/mol. The molecule has 1 saturated carbocycles. The predicted octanol–water partition coefficient (Wildman–Crippen LogP) is 3.58. The molecule has 2 heterocycles. The third-order valence-electron chi connectivity index (χ3n) is 4.42. The normalized spacial score (nSPS) is 22.9. The summed E-state index contributed by atoms with van der Waals surface area (Å²) in [5, 5.41) is 0. The van der Waals surface area contributed by atoms with Crippen LogP contribution in [-0.4, -0.2) is 37.4 Å². The molecule has 0 radical (unpaired) electrons. The maximum Gasteiger partial charge on any atom is 0.124 e. The summed E-state index contributed by atoms with van der Waals surface area (Å²) in [4.78, 5) is 4.70. The molecule has 1 aliphatic carbocycles. The minimum Gasteiger partial charge on any atom is -0.381 e. The van der Waals surface area contributed by atoms with E-state index in [0.717, 1.165) is 26.2 Å². The molecule has 3 rings (SSSR count). The van der Waals surface area contributed by atoms with Gasteiger partial charge in [-0.2, -0.15) is 0 Å². The highest BCUT2D eigenvalue weighted by molar-refractivity contribution is 6.76. The maximum absolute atomic E-state index is 5.92. The summed E-state index contributed by atoms with van der Waals surface area (Å²) < 4.78 is 13.7. The Kier molecular flexibility index (Phi) is 4.52. The summed E-state index contributed by atoms with van der Waals surface area (Å²) >= 11 is 0. The molecule has 0 N–H and O–H groups in total. The van der Waals surface area contributed by atoms with Crippen LogP contribution in [0.3, 0.4) is 0 Å². The van der Waals surface area contributed by atoms with E-state index in [9.17, 15) is 0 Å². The fourth-order valence-corrected chi connectivity index (χ4v) is 3.67. The molecule has 2 aliphatic rings. The number of hydrogen-bond donors (Lipinski definition) is 0. The van der Waals surface area contributed by atoms with Gasteiger partial charge in [0.25, 0.3) is 0 Å². The summed E-state index contributed by atoms with van der Waals surface area (Å²) in [6, 6.07) is 1.23. The van der Waals surface area contributed by atoms with Gasteiger partial charge in [0.05, 0.1) is 18.6 Å². The largest absolute Gasteiger partial charge is 0.381 e. The van der Waals surface area contributed by atoms with Crippen LogP contribution in [0.25, 0.3) is 0 Å². The molecule has 4 nitrogen and oxygen atoms in total. The molecule has 1 saturated heterocycles. The highest BCUT2D eigenvalue weighted by Crippen LogP contribution is 2.44. The van der Waals surface area contributed by atoms with Crippen molar-refractivity contribution in [1.82, 2.24) is 9.55 Å². The summed E-state index contributed by atoms with van der Waals surface area (Å²) in [7, 11) is -1.00. The van der Waals surface area contributed by atoms with Crippen LogP contribution in [0.15, 0.2) is 6.33 Å². The standard InChI is InChI=1S/C16H28N2O2Si/c1-21(2,3)9-8-20-12-18-11-17-15(14-6-7-19-10-14)16(18)13-4-5-13/h11,13-14H,4-10,12H2,1-3H3. The third kappa shape index (κ3) is 3.96. The molecule has 1 unspecified atom stereocenters. The Morgan fingerprint density at radius 3 is 2.71 bits per heavy atom. The van der Waals surface area contributed by atoms with Gasteiger partial charge < -0.3 is 14.0 Å². The molecule has 0 spiro atoms. The Labute approximate surface area is 128 Å².